The predicted octanol–water partition coefficient (Wildman–Crippen LogP) is 2.51. The Kier molecular flexibility index (Phi) is 3.58. The first-order chi connectivity index (χ1) is 5.88. The zero-order valence-electron chi connectivity index (χ0n) is 6.97. The van der Waals surface area contributed by atoms with Gasteiger partial charge in [-0.25, -0.2) is 4.98 Å². The number of thiazole rings is 1. The van der Waals surface area contributed by atoms with Crippen LogP contribution in [0.5, 0.6) is 5.75 Å². The summed E-state index contributed by atoms with van der Waals surface area (Å²) in [6, 6.07) is 7.20. The van der Waals surface area contributed by atoms with Crippen LogP contribution in [0.1, 0.15) is 0 Å². The number of benzene rings is 1. The van der Waals surface area contributed by atoms with Crippen LogP contribution in [-0.2, 0) is 19.5 Å². The number of hydrogen-bond acceptors (Lipinski definition) is 3. The predicted molar refractivity (Wildman–Crippen MR) is 49.2 cm³/mol. The molecule has 13 heavy (non-hydrogen) atoms. The second-order valence-corrected chi connectivity index (χ2v) is 3.25. The van der Waals surface area contributed by atoms with Crippen molar-refractivity contribution < 1.29 is 24.6 Å². The van der Waals surface area contributed by atoms with Gasteiger partial charge >= 0.3 is 0 Å². The van der Waals surface area contributed by atoms with Crippen LogP contribution < -0.4 is 0 Å². The Bertz CT molecular complexity index is 375. The van der Waals surface area contributed by atoms with Crippen molar-refractivity contribution in [1.82, 2.24) is 4.98 Å². The summed E-state index contributed by atoms with van der Waals surface area (Å²) in [5, 5.41) is 12.2. The molecule has 0 radical (unpaired) electrons. The van der Waals surface area contributed by atoms with E-state index in [0.29, 0.717) is 0 Å². The molecule has 0 atom stereocenters. The van der Waals surface area contributed by atoms with Gasteiger partial charge in [-0.05, 0) is 12.1 Å². The Morgan fingerprint density at radius 1 is 1.23 bits per heavy atom. The molecule has 2 rings (SSSR count). The summed E-state index contributed by atoms with van der Waals surface area (Å²) in [6.07, 6.45) is 1.73. The molecule has 2 nitrogen and oxygen atoms in total. The zero-order valence-corrected chi connectivity index (χ0v) is 10.8. The van der Waals surface area contributed by atoms with Gasteiger partial charge in [0.25, 0.3) is 0 Å². The number of aromatic nitrogens is 1. The molecule has 0 aliphatic carbocycles. The van der Waals surface area contributed by atoms with Crippen molar-refractivity contribution in [2.24, 2.45) is 0 Å². The fourth-order valence-corrected chi connectivity index (χ4v) is 1.68. The van der Waals surface area contributed by atoms with Crippen LogP contribution in [0.15, 0.2) is 35.8 Å². The summed E-state index contributed by atoms with van der Waals surface area (Å²) in [5.41, 5.74) is 0.799. The fourth-order valence-electron chi connectivity index (χ4n) is 1.01. The molecule has 1 aromatic carbocycles. The van der Waals surface area contributed by atoms with Gasteiger partial charge in [-0.2, -0.15) is 0 Å². The van der Waals surface area contributed by atoms with E-state index in [-0.39, 0.29) is 25.2 Å². The molecule has 0 aliphatic heterocycles. The van der Waals surface area contributed by atoms with Crippen molar-refractivity contribution in [2.45, 2.75) is 0 Å². The summed E-state index contributed by atoms with van der Waals surface area (Å²) in [5.74, 6) is 0.285. The molecule has 2 aromatic rings. The fraction of sp³-hybridized carbons (Fsp3) is 0. The molecule has 0 aliphatic rings. The van der Waals surface area contributed by atoms with Crippen molar-refractivity contribution in [2.75, 3.05) is 0 Å². The van der Waals surface area contributed by atoms with Crippen molar-refractivity contribution in [3.05, 3.63) is 35.8 Å². The molecule has 0 amide bonds. The van der Waals surface area contributed by atoms with Crippen molar-refractivity contribution in [3.8, 4) is 16.3 Å². The molecule has 0 bridgehead atoms. The summed E-state index contributed by atoms with van der Waals surface area (Å²) >= 11 is 1.52. The SMILES string of the molecule is Oc1ccccc1-c1nccs1.[Zn]. The van der Waals surface area contributed by atoms with Crippen LogP contribution in [-0.4, -0.2) is 10.1 Å². The van der Waals surface area contributed by atoms with Crippen molar-refractivity contribution >= 4 is 11.3 Å². The topological polar surface area (TPSA) is 33.1 Å². The van der Waals surface area contributed by atoms with Gasteiger partial charge in [0, 0.05) is 31.1 Å². The maximum absolute atomic E-state index is 9.45. The molecule has 1 heterocycles. The molecule has 0 spiro atoms. The Labute approximate surface area is 93.0 Å². The second kappa shape index (κ2) is 4.49. The van der Waals surface area contributed by atoms with Gasteiger partial charge in [0.05, 0.1) is 5.56 Å². The first-order valence-corrected chi connectivity index (χ1v) is 4.44. The van der Waals surface area contributed by atoms with Crippen LogP contribution in [0.3, 0.4) is 0 Å². The van der Waals surface area contributed by atoms with E-state index in [1.165, 1.54) is 11.3 Å². The van der Waals surface area contributed by atoms with E-state index in [9.17, 15) is 5.11 Å². The smallest absolute Gasteiger partial charge is 0.126 e. The third-order valence-electron chi connectivity index (χ3n) is 1.57. The largest absolute Gasteiger partial charge is 0.507 e. The van der Waals surface area contributed by atoms with Gasteiger partial charge < -0.3 is 5.11 Å². The number of rotatable bonds is 1. The third kappa shape index (κ3) is 2.14. The number of hydrogen-bond donors (Lipinski definition) is 1. The molecular formula is C9H7NOSZn. The molecule has 4 heteroatoms. The van der Waals surface area contributed by atoms with E-state index < -0.39 is 0 Å². The van der Waals surface area contributed by atoms with Crippen LogP contribution >= 0.6 is 11.3 Å². The first kappa shape index (κ1) is 10.4. The van der Waals surface area contributed by atoms with Crippen molar-refractivity contribution in [1.29, 1.82) is 0 Å². The number of phenols is 1. The number of aromatic hydroxyl groups is 1. The minimum Gasteiger partial charge on any atom is -0.507 e. The van der Waals surface area contributed by atoms with E-state index in [0.717, 1.165) is 10.6 Å². The minimum absolute atomic E-state index is 0. The molecule has 0 saturated carbocycles. The van der Waals surface area contributed by atoms with E-state index in [1.807, 2.05) is 17.5 Å². The van der Waals surface area contributed by atoms with E-state index in [4.69, 9.17) is 0 Å². The Hall–Kier alpha value is -0.727. The minimum atomic E-state index is 0. The summed E-state index contributed by atoms with van der Waals surface area (Å²) in [7, 11) is 0. The van der Waals surface area contributed by atoms with Crippen LogP contribution in [0, 0.1) is 0 Å². The number of para-hydroxylation sites is 1. The summed E-state index contributed by atoms with van der Waals surface area (Å²) in [6.45, 7) is 0. The van der Waals surface area contributed by atoms with Gasteiger partial charge in [-0.3, -0.25) is 0 Å². The van der Waals surface area contributed by atoms with Gasteiger partial charge in [-0.1, -0.05) is 12.1 Å². The first-order valence-electron chi connectivity index (χ1n) is 3.56. The molecule has 0 unspecified atom stereocenters. The Morgan fingerprint density at radius 2 is 2.00 bits per heavy atom. The van der Waals surface area contributed by atoms with Gasteiger partial charge in [0.15, 0.2) is 0 Å². The summed E-state index contributed by atoms with van der Waals surface area (Å²) in [4.78, 5) is 4.11. The zero-order chi connectivity index (χ0) is 8.39. The van der Waals surface area contributed by atoms with Crippen LogP contribution in [0.4, 0.5) is 0 Å². The van der Waals surface area contributed by atoms with Gasteiger partial charge in [0.1, 0.15) is 10.8 Å². The molecular weight excluding hydrogens is 236 g/mol. The molecule has 1 N–H and O–H groups in total. The van der Waals surface area contributed by atoms with Crippen LogP contribution in [0.2, 0.25) is 0 Å². The normalized spacial score (nSPS) is 9.23. The average Bonchev–Trinajstić information content (AvgIpc) is 2.57. The van der Waals surface area contributed by atoms with Crippen molar-refractivity contribution in [3.63, 3.8) is 0 Å². The second-order valence-electron chi connectivity index (χ2n) is 2.35. The van der Waals surface area contributed by atoms with E-state index in [1.54, 1.807) is 18.3 Å². The maximum Gasteiger partial charge on any atom is 0.126 e. The number of nitrogens with zero attached hydrogens (tertiary/aromatic N) is 1. The quantitative estimate of drug-likeness (QED) is 0.780. The van der Waals surface area contributed by atoms with Gasteiger partial charge in [0.2, 0.25) is 0 Å². The summed E-state index contributed by atoms with van der Waals surface area (Å²) < 4.78 is 0. The molecule has 0 fully saturated rings. The molecule has 62 valence electrons. The molecule has 0 saturated heterocycles. The van der Waals surface area contributed by atoms with Crippen LogP contribution in [0.25, 0.3) is 10.6 Å². The van der Waals surface area contributed by atoms with Gasteiger partial charge in [-0.15, -0.1) is 11.3 Å². The standard InChI is InChI=1S/C9H7NOS.Zn/c11-8-4-2-1-3-7(8)9-10-5-6-12-9;/h1-6,11H;. The monoisotopic (exact) mass is 241 g/mol. The Balaban J connectivity index is 0.000000845. The van der Waals surface area contributed by atoms with E-state index >= 15 is 0 Å². The molecule has 1 aromatic heterocycles. The van der Waals surface area contributed by atoms with E-state index in [2.05, 4.69) is 4.98 Å². The average molecular weight is 243 g/mol. The number of phenolic OH excluding ortho intramolecular Hbond substituents is 1. The maximum atomic E-state index is 9.45. The Morgan fingerprint density at radius 3 is 2.62 bits per heavy atom. The third-order valence-corrected chi connectivity index (χ3v) is 2.37.